The first-order chi connectivity index (χ1) is 16.4. The summed E-state index contributed by atoms with van der Waals surface area (Å²) >= 11 is 0. The van der Waals surface area contributed by atoms with Crippen molar-refractivity contribution in [1.29, 1.82) is 0 Å². The van der Waals surface area contributed by atoms with Crippen LogP contribution >= 0.6 is 0 Å². The summed E-state index contributed by atoms with van der Waals surface area (Å²) < 4.78 is 48.1. The van der Waals surface area contributed by atoms with E-state index in [2.05, 4.69) is 37.4 Å². The first kappa shape index (κ1) is 22.4. The topological polar surface area (TPSA) is 73.4 Å². The Morgan fingerprint density at radius 3 is 2.47 bits per heavy atom. The molecule has 180 valence electrons. The average molecular weight is 474 g/mol. The van der Waals surface area contributed by atoms with Gasteiger partial charge in [-0.15, -0.1) is 10.2 Å². The molecule has 0 bridgehead atoms. The molecule has 0 saturated carbocycles. The highest BCUT2D eigenvalue weighted by molar-refractivity contribution is 5.83. The number of hydrogen-bond donors (Lipinski definition) is 0. The molecule has 8 nitrogen and oxygen atoms in total. The molecule has 5 rings (SSSR count). The largest absolute Gasteiger partial charge is 0.493 e. The molecule has 1 aromatic carbocycles. The maximum absolute atomic E-state index is 13.2. The molecule has 0 spiro atoms. The molecule has 0 atom stereocenters. The third-order valence-electron chi connectivity index (χ3n) is 6.51. The Balaban J connectivity index is 1.16. The Kier molecular flexibility index (Phi) is 6.01. The van der Waals surface area contributed by atoms with E-state index in [0.717, 1.165) is 48.5 Å². The third kappa shape index (κ3) is 4.64. The van der Waals surface area contributed by atoms with Gasteiger partial charge in [0.1, 0.15) is 11.6 Å². The second-order valence-electron chi connectivity index (χ2n) is 8.64. The van der Waals surface area contributed by atoms with Crippen LogP contribution in [-0.2, 0) is 26.1 Å². The molecule has 3 aromatic rings. The Bertz CT molecular complexity index is 1160. The van der Waals surface area contributed by atoms with Gasteiger partial charge in [-0.1, -0.05) is 12.1 Å². The summed E-state index contributed by atoms with van der Waals surface area (Å²) in [6.07, 6.45) is 0.819. The highest BCUT2D eigenvalue weighted by Gasteiger charge is 2.40. The van der Waals surface area contributed by atoms with Crippen molar-refractivity contribution in [2.75, 3.05) is 19.7 Å². The van der Waals surface area contributed by atoms with Crippen molar-refractivity contribution in [2.24, 2.45) is 12.1 Å². The van der Waals surface area contributed by atoms with Crippen LogP contribution < -0.4 is 4.74 Å². The molecule has 11 heteroatoms. The molecule has 4 heterocycles. The number of alkyl halides is 3. The van der Waals surface area contributed by atoms with Crippen molar-refractivity contribution in [3.63, 3.8) is 0 Å². The highest BCUT2D eigenvalue weighted by atomic mass is 19.4. The van der Waals surface area contributed by atoms with Crippen LogP contribution in [0, 0.1) is 0 Å². The molecule has 0 radical (unpaired) electrons. The molecule has 0 N–H and O–H groups in total. The number of halogens is 3. The second-order valence-corrected chi connectivity index (χ2v) is 8.64. The zero-order chi connectivity index (χ0) is 23.7. The Morgan fingerprint density at radius 1 is 1.03 bits per heavy atom. The van der Waals surface area contributed by atoms with Gasteiger partial charge in [0.05, 0.1) is 6.61 Å². The van der Waals surface area contributed by atoms with Crippen molar-refractivity contribution in [1.82, 2.24) is 29.6 Å². The summed E-state index contributed by atoms with van der Waals surface area (Å²) in [7, 11) is 1.92. The molecule has 34 heavy (non-hydrogen) atoms. The van der Waals surface area contributed by atoms with Crippen LogP contribution in [0.3, 0.4) is 0 Å². The second kappa shape index (κ2) is 9.11. The Hall–Kier alpha value is -3.37. The Labute approximate surface area is 195 Å². The highest BCUT2D eigenvalue weighted by Crippen LogP contribution is 2.32. The van der Waals surface area contributed by atoms with E-state index in [1.807, 2.05) is 29.9 Å². The van der Waals surface area contributed by atoms with Gasteiger partial charge in [0.15, 0.2) is 5.82 Å². The first-order valence-corrected chi connectivity index (χ1v) is 11.4. The van der Waals surface area contributed by atoms with Crippen molar-refractivity contribution in [3.8, 4) is 5.75 Å². The van der Waals surface area contributed by atoms with Crippen LogP contribution in [0.1, 0.15) is 48.1 Å². The van der Waals surface area contributed by atoms with Crippen molar-refractivity contribution in [2.45, 2.75) is 44.2 Å². The molecule has 2 aromatic heterocycles. The van der Waals surface area contributed by atoms with Gasteiger partial charge < -0.3 is 9.64 Å². The number of nitrogens with zero attached hydrogens (tertiary/aromatic N) is 7. The molecule has 2 aliphatic rings. The first-order valence-electron chi connectivity index (χ1n) is 11.4. The molecular formula is C23H26F3N7O. The normalized spacial score (nSPS) is 16.9. The summed E-state index contributed by atoms with van der Waals surface area (Å²) in [6.45, 7) is 2.10. The van der Waals surface area contributed by atoms with E-state index in [-0.39, 0.29) is 5.82 Å². The van der Waals surface area contributed by atoms with E-state index < -0.39 is 12.0 Å². The van der Waals surface area contributed by atoms with E-state index >= 15 is 0 Å². The van der Waals surface area contributed by atoms with Crippen molar-refractivity contribution >= 4 is 5.84 Å². The molecular weight excluding hydrogens is 447 g/mol. The number of rotatable bonds is 5. The van der Waals surface area contributed by atoms with Crippen molar-refractivity contribution < 1.29 is 17.9 Å². The minimum Gasteiger partial charge on any atom is -0.493 e. The summed E-state index contributed by atoms with van der Waals surface area (Å²) in [5.41, 5.74) is 2.38. The predicted octanol–water partition coefficient (Wildman–Crippen LogP) is 3.64. The number of fused-ring (bicyclic) bond motifs is 1. The zero-order valence-electron chi connectivity index (χ0n) is 18.9. The third-order valence-corrected chi connectivity index (χ3v) is 6.51. The zero-order valence-corrected chi connectivity index (χ0v) is 18.9. The maximum Gasteiger partial charge on any atom is 0.453 e. The number of ether oxygens (including phenoxy) is 1. The van der Waals surface area contributed by atoms with Crippen LogP contribution in [0.15, 0.2) is 41.6 Å². The SMILES string of the molecule is Cn1nccc1CCOc1ccc(C2CCN(C3=Nn4c(nnc4C(F)(F)F)CC3)CC2)cc1. The number of hydrogen-bond acceptors (Lipinski definition) is 6. The van der Waals surface area contributed by atoms with Crippen LogP contribution in [0.4, 0.5) is 13.2 Å². The fourth-order valence-electron chi connectivity index (χ4n) is 4.59. The number of piperidine rings is 1. The van der Waals surface area contributed by atoms with Gasteiger partial charge in [0.25, 0.3) is 5.82 Å². The van der Waals surface area contributed by atoms with Crippen molar-refractivity contribution in [3.05, 3.63) is 59.4 Å². The monoisotopic (exact) mass is 473 g/mol. The smallest absolute Gasteiger partial charge is 0.453 e. The summed E-state index contributed by atoms with van der Waals surface area (Å²) in [6, 6.07) is 10.2. The Morgan fingerprint density at radius 2 is 1.79 bits per heavy atom. The molecule has 2 aliphatic heterocycles. The molecule has 0 aliphatic carbocycles. The molecule has 0 amide bonds. The number of likely N-dealkylation sites (tertiary alicyclic amines) is 1. The van der Waals surface area contributed by atoms with E-state index in [1.54, 1.807) is 6.20 Å². The van der Waals surface area contributed by atoms with E-state index in [0.29, 0.717) is 31.2 Å². The van der Waals surface area contributed by atoms with E-state index in [9.17, 15) is 13.2 Å². The number of aromatic nitrogens is 5. The lowest BCUT2D eigenvalue weighted by molar-refractivity contribution is -0.147. The number of amidine groups is 1. The standard InChI is InChI=1S/C23H26F3N7O/c1-31-18(8-12-27-31)11-15-34-19-4-2-16(3-5-19)17-9-13-32(14-10-17)21-7-6-20-28-29-22(23(24,25)26)33(20)30-21/h2-5,8,12,17H,6-7,9-11,13-15H2,1H3. The van der Waals surface area contributed by atoms with Gasteiger partial charge in [-0.2, -0.15) is 28.0 Å². The minimum atomic E-state index is -4.57. The van der Waals surface area contributed by atoms with Crippen LogP contribution in [0.5, 0.6) is 5.75 Å². The summed E-state index contributed by atoms with van der Waals surface area (Å²) in [5, 5.41) is 15.4. The lowest BCUT2D eigenvalue weighted by Gasteiger charge is -2.35. The van der Waals surface area contributed by atoms with Gasteiger partial charge >= 0.3 is 6.18 Å². The van der Waals surface area contributed by atoms with Gasteiger partial charge in [-0.25, -0.2) is 0 Å². The van der Waals surface area contributed by atoms with E-state index in [4.69, 9.17) is 4.74 Å². The van der Waals surface area contributed by atoms with Gasteiger partial charge in [-0.05, 0) is 42.5 Å². The molecule has 0 unspecified atom stereocenters. The van der Waals surface area contributed by atoms with Crippen LogP contribution in [0.2, 0.25) is 0 Å². The number of aryl methyl sites for hydroxylation is 2. The quantitative estimate of drug-likeness (QED) is 0.566. The molecule has 1 fully saturated rings. The summed E-state index contributed by atoms with van der Waals surface area (Å²) in [4.78, 5) is 2.09. The predicted molar refractivity (Wildman–Crippen MR) is 119 cm³/mol. The molecule has 1 saturated heterocycles. The summed E-state index contributed by atoms with van der Waals surface area (Å²) in [5.74, 6) is 1.12. The fourth-order valence-corrected chi connectivity index (χ4v) is 4.59. The van der Waals surface area contributed by atoms with Crippen LogP contribution in [0.25, 0.3) is 0 Å². The maximum atomic E-state index is 13.2. The van der Waals surface area contributed by atoms with Gasteiger partial charge in [0, 0.05) is 51.3 Å². The van der Waals surface area contributed by atoms with Gasteiger partial charge in [-0.3, -0.25) is 4.68 Å². The fraction of sp³-hybridized carbons (Fsp3) is 0.478. The average Bonchev–Trinajstić information content (AvgIpc) is 3.45. The number of benzene rings is 1. The lowest BCUT2D eigenvalue weighted by Crippen LogP contribution is -2.40. The van der Waals surface area contributed by atoms with Gasteiger partial charge in [0.2, 0.25) is 0 Å². The minimum absolute atomic E-state index is 0.258. The lowest BCUT2D eigenvalue weighted by atomic mass is 9.89. The van der Waals surface area contributed by atoms with Crippen LogP contribution in [-0.4, -0.2) is 55.1 Å². The van der Waals surface area contributed by atoms with E-state index in [1.165, 1.54) is 5.56 Å².